The van der Waals surface area contributed by atoms with Crippen molar-refractivity contribution in [3.05, 3.63) is 108 Å². The monoisotopic (exact) mass is 436 g/mol. The van der Waals surface area contributed by atoms with Crippen LogP contribution in [0.1, 0.15) is 37.5 Å². The number of aromatic nitrogens is 1. The van der Waals surface area contributed by atoms with E-state index in [0.717, 1.165) is 33.3 Å². The first-order chi connectivity index (χ1) is 15.9. The first-order valence-electron chi connectivity index (χ1n) is 11.2. The molecular weight excluding hydrogens is 408 g/mol. The Bertz CT molecular complexity index is 1230. The van der Waals surface area contributed by atoms with E-state index < -0.39 is 5.41 Å². The van der Waals surface area contributed by atoms with E-state index in [0.29, 0.717) is 18.8 Å². The quantitative estimate of drug-likeness (QED) is 0.255. The lowest BCUT2D eigenvalue weighted by molar-refractivity contribution is -0.152. The number of carbonyl (C=O) groups is 1. The Labute approximate surface area is 195 Å². The second-order valence-corrected chi connectivity index (χ2v) is 8.99. The number of aliphatic imine (C=N–C) groups is 1. The standard InChI is InChI=1S/C29H28N2O2/c1-29(2,3)28(32)33-19-18-23-20-26(30-25-17-11-10-16-24(23)25)31-27(21-12-6-4-7-13-21)22-14-8-5-9-15-22/h4-17,20H,18-19H2,1-3H3. The zero-order valence-corrected chi connectivity index (χ0v) is 19.3. The minimum atomic E-state index is -0.518. The van der Waals surface area contributed by atoms with Crippen molar-refractivity contribution in [3.8, 4) is 0 Å². The van der Waals surface area contributed by atoms with E-state index in [2.05, 4.69) is 24.3 Å². The fourth-order valence-electron chi connectivity index (χ4n) is 3.57. The van der Waals surface area contributed by atoms with Crippen molar-refractivity contribution in [1.29, 1.82) is 0 Å². The number of benzene rings is 3. The molecule has 0 aliphatic heterocycles. The van der Waals surface area contributed by atoms with Crippen LogP contribution in [-0.2, 0) is 16.0 Å². The fraction of sp³-hybridized carbons (Fsp3) is 0.207. The van der Waals surface area contributed by atoms with Gasteiger partial charge in [-0.25, -0.2) is 9.98 Å². The minimum Gasteiger partial charge on any atom is -0.465 e. The molecule has 0 atom stereocenters. The van der Waals surface area contributed by atoms with Gasteiger partial charge in [0.2, 0.25) is 0 Å². The Morgan fingerprint density at radius 1 is 0.848 bits per heavy atom. The fourth-order valence-corrected chi connectivity index (χ4v) is 3.57. The molecule has 0 amide bonds. The highest BCUT2D eigenvalue weighted by Gasteiger charge is 2.22. The van der Waals surface area contributed by atoms with Gasteiger partial charge in [0.05, 0.1) is 23.3 Å². The summed E-state index contributed by atoms with van der Waals surface area (Å²) in [5.41, 5.74) is 4.33. The molecule has 4 rings (SSSR count). The number of nitrogens with zero attached hydrogens (tertiary/aromatic N) is 2. The predicted octanol–water partition coefficient (Wildman–Crippen LogP) is 6.54. The molecule has 4 heteroatoms. The Morgan fingerprint density at radius 3 is 2.03 bits per heavy atom. The van der Waals surface area contributed by atoms with E-state index in [9.17, 15) is 4.79 Å². The van der Waals surface area contributed by atoms with Gasteiger partial charge < -0.3 is 4.74 Å². The van der Waals surface area contributed by atoms with Crippen LogP contribution in [0.15, 0.2) is 96.0 Å². The average Bonchev–Trinajstić information content (AvgIpc) is 2.83. The molecule has 4 nitrogen and oxygen atoms in total. The number of carbonyl (C=O) groups excluding carboxylic acids is 1. The lowest BCUT2D eigenvalue weighted by atomic mass is 9.97. The Balaban J connectivity index is 1.74. The van der Waals surface area contributed by atoms with Crippen molar-refractivity contribution in [2.45, 2.75) is 27.2 Å². The van der Waals surface area contributed by atoms with Crippen LogP contribution < -0.4 is 0 Å². The molecule has 0 aliphatic rings. The third-order valence-electron chi connectivity index (χ3n) is 5.33. The van der Waals surface area contributed by atoms with Gasteiger partial charge in [0.15, 0.2) is 5.82 Å². The molecule has 3 aromatic carbocycles. The SMILES string of the molecule is CC(C)(C)C(=O)OCCc1cc(N=C(c2ccccc2)c2ccccc2)nc2ccccc12. The van der Waals surface area contributed by atoms with E-state index in [1.54, 1.807) is 0 Å². The van der Waals surface area contributed by atoms with Crippen LogP contribution in [0, 0.1) is 5.41 Å². The van der Waals surface area contributed by atoms with Gasteiger partial charge in [-0.15, -0.1) is 0 Å². The van der Waals surface area contributed by atoms with Gasteiger partial charge >= 0.3 is 5.97 Å². The Morgan fingerprint density at radius 2 is 1.42 bits per heavy atom. The topological polar surface area (TPSA) is 51.5 Å². The van der Waals surface area contributed by atoms with Crippen LogP contribution in [-0.4, -0.2) is 23.3 Å². The van der Waals surface area contributed by atoms with Crippen LogP contribution in [0.2, 0.25) is 0 Å². The summed E-state index contributed by atoms with van der Waals surface area (Å²) in [5, 5.41) is 1.05. The summed E-state index contributed by atoms with van der Waals surface area (Å²) in [6.07, 6.45) is 0.597. The van der Waals surface area contributed by atoms with Gasteiger partial charge in [-0.05, 0) is 38.5 Å². The number of ether oxygens (including phenoxy) is 1. The maximum atomic E-state index is 12.2. The summed E-state index contributed by atoms with van der Waals surface area (Å²) in [7, 11) is 0. The van der Waals surface area contributed by atoms with Gasteiger partial charge in [-0.1, -0.05) is 78.9 Å². The largest absolute Gasteiger partial charge is 0.465 e. The van der Waals surface area contributed by atoms with Crippen molar-refractivity contribution in [2.24, 2.45) is 10.4 Å². The molecule has 0 spiro atoms. The van der Waals surface area contributed by atoms with Crippen LogP contribution in [0.25, 0.3) is 10.9 Å². The maximum Gasteiger partial charge on any atom is 0.311 e. The molecule has 4 aromatic rings. The van der Waals surface area contributed by atoms with Crippen molar-refractivity contribution in [2.75, 3.05) is 6.61 Å². The van der Waals surface area contributed by atoms with E-state index in [1.165, 1.54) is 0 Å². The Kier molecular flexibility index (Phi) is 6.64. The molecule has 0 unspecified atom stereocenters. The van der Waals surface area contributed by atoms with Gasteiger partial charge in [-0.2, -0.15) is 0 Å². The summed E-state index contributed by atoms with van der Waals surface area (Å²) in [5.74, 6) is 0.433. The van der Waals surface area contributed by atoms with Crippen LogP contribution in [0.5, 0.6) is 0 Å². The zero-order chi connectivity index (χ0) is 23.3. The van der Waals surface area contributed by atoms with Crippen molar-refractivity contribution in [1.82, 2.24) is 4.98 Å². The number of para-hydroxylation sites is 1. The van der Waals surface area contributed by atoms with Crippen molar-refractivity contribution >= 4 is 28.4 Å². The first-order valence-corrected chi connectivity index (χ1v) is 11.2. The highest BCUT2D eigenvalue weighted by Crippen LogP contribution is 2.25. The molecule has 0 radical (unpaired) electrons. The van der Waals surface area contributed by atoms with Gasteiger partial charge in [0, 0.05) is 22.9 Å². The van der Waals surface area contributed by atoms with Crippen LogP contribution >= 0.6 is 0 Å². The first kappa shape index (κ1) is 22.4. The number of hydrogen-bond donors (Lipinski definition) is 0. The van der Waals surface area contributed by atoms with Gasteiger partial charge in [0.1, 0.15) is 0 Å². The lowest BCUT2D eigenvalue weighted by Crippen LogP contribution is -2.23. The summed E-state index contributed by atoms with van der Waals surface area (Å²) in [6.45, 7) is 5.90. The maximum absolute atomic E-state index is 12.2. The molecule has 0 N–H and O–H groups in total. The molecule has 1 heterocycles. The van der Waals surface area contributed by atoms with E-state index >= 15 is 0 Å². The number of esters is 1. The lowest BCUT2D eigenvalue weighted by Gasteiger charge is -2.17. The molecule has 166 valence electrons. The molecular formula is C29H28N2O2. The third kappa shape index (κ3) is 5.53. The van der Waals surface area contributed by atoms with E-state index in [1.807, 2.05) is 87.5 Å². The molecule has 33 heavy (non-hydrogen) atoms. The summed E-state index contributed by atoms with van der Waals surface area (Å²) in [6, 6.07) is 30.3. The number of fused-ring (bicyclic) bond motifs is 1. The summed E-state index contributed by atoms with van der Waals surface area (Å²) < 4.78 is 5.52. The molecule has 0 saturated heterocycles. The predicted molar refractivity (Wildman–Crippen MR) is 134 cm³/mol. The van der Waals surface area contributed by atoms with Crippen LogP contribution in [0.3, 0.4) is 0 Å². The molecule has 1 aromatic heterocycles. The van der Waals surface area contributed by atoms with Gasteiger partial charge in [0.25, 0.3) is 0 Å². The number of pyridine rings is 1. The van der Waals surface area contributed by atoms with Crippen molar-refractivity contribution < 1.29 is 9.53 Å². The second kappa shape index (κ2) is 9.78. The third-order valence-corrected chi connectivity index (χ3v) is 5.33. The highest BCUT2D eigenvalue weighted by atomic mass is 16.5. The van der Waals surface area contributed by atoms with Gasteiger partial charge in [-0.3, -0.25) is 4.79 Å². The average molecular weight is 437 g/mol. The smallest absolute Gasteiger partial charge is 0.311 e. The summed E-state index contributed by atoms with van der Waals surface area (Å²) in [4.78, 5) is 22.0. The highest BCUT2D eigenvalue weighted by molar-refractivity contribution is 6.13. The molecule has 0 aliphatic carbocycles. The van der Waals surface area contributed by atoms with Crippen molar-refractivity contribution in [3.63, 3.8) is 0 Å². The normalized spacial score (nSPS) is 11.2. The van der Waals surface area contributed by atoms with E-state index in [4.69, 9.17) is 14.7 Å². The van der Waals surface area contributed by atoms with E-state index in [-0.39, 0.29) is 5.97 Å². The minimum absolute atomic E-state index is 0.199. The number of rotatable bonds is 6. The van der Waals surface area contributed by atoms with Crippen LogP contribution in [0.4, 0.5) is 5.82 Å². The molecule has 0 fully saturated rings. The summed E-state index contributed by atoms with van der Waals surface area (Å²) >= 11 is 0. The number of hydrogen-bond acceptors (Lipinski definition) is 4. The Hall–Kier alpha value is -3.79. The molecule has 0 saturated carbocycles. The second-order valence-electron chi connectivity index (χ2n) is 8.99. The zero-order valence-electron chi connectivity index (χ0n) is 19.3. The molecule has 0 bridgehead atoms.